The zero-order valence-corrected chi connectivity index (χ0v) is 16.1. The largest absolute Gasteiger partial charge is 0.485 e. The SMILES string of the molecule is NC[C@H]1CCC[C@H]1C(=O)NC1CCN(C(=O)C2COc3ccccc3O2)CC1. The van der Waals surface area contributed by atoms with E-state index in [1.165, 1.54) is 0 Å². The van der Waals surface area contributed by atoms with Gasteiger partial charge in [-0.15, -0.1) is 0 Å². The van der Waals surface area contributed by atoms with Crippen molar-refractivity contribution in [3.05, 3.63) is 24.3 Å². The number of nitrogens with one attached hydrogen (secondary N) is 1. The Hall–Kier alpha value is -2.28. The molecule has 7 nitrogen and oxygen atoms in total. The minimum Gasteiger partial charge on any atom is -0.485 e. The third kappa shape index (κ3) is 3.94. The molecule has 2 aliphatic heterocycles. The number of ether oxygens (including phenoxy) is 2. The van der Waals surface area contributed by atoms with Crippen LogP contribution in [0.4, 0.5) is 0 Å². The van der Waals surface area contributed by atoms with Crippen LogP contribution in [0.25, 0.3) is 0 Å². The summed E-state index contributed by atoms with van der Waals surface area (Å²) in [6.45, 7) is 2.05. The van der Waals surface area contributed by atoms with E-state index >= 15 is 0 Å². The van der Waals surface area contributed by atoms with E-state index in [4.69, 9.17) is 15.2 Å². The van der Waals surface area contributed by atoms with Crippen LogP contribution in [0.3, 0.4) is 0 Å². The lowest BCUT2D eigenvalue weighted by atomic mass is 9.94. The predicted molar refractivity (Wildman–Crippen MR) is 104 cm³/mol. The number of benzene rings is 1. The van der Waals surface area contributed by atoms with E-state index in [9.17, 15) is 9.59 Å². The van der Waals surface area contributed by atoms with Gasteiger partial charge in [0.25, 0.3) is 5.91 Å². The number of nitrogens with two attached hydrogens (primary N) is 1. The van der Waals surface area contributed by atoms with E-state index < -0.39 is 6.10 Å². The standard InChI is InChI=1S/C21H29N3O4/c22-12-14-4-3-5-16(14)20(25)23-15-8-10-24(11-9-15)21(26)19-13-27-17-6-1-2-7-18(17)28-19/h1-2,6-7,14-16,19H,3-5,8-13,22H2,(H,23,25)/t14-,16-,19?/m1/s1. The molecule has 2 amide bonds. The molecule has 0 radical (unpaired) electrons. The minimum atomic E-state index is -0.607. The molecule has 28 heavy (non-hydrogen) atoms. The van der Waals surface area contributed by atoms with Crippen molar-refractivity contribution in [3.63, 3.8) is 0 Å². The highest BCUT2D eigenvalue weighted by atomic mass is 16.6. The van der Waals surface area contributed by atoms with Gasteiger partial charge in [-0.25, -0.2) is 0 Å². The molecule has 7 heteroatoms. The van der Waals surface area contributed by atoms with E-state index in [1.54, 1.807) is 0 Å². The van der Waals surface area contributed by atoms with Crippen molar-refractivity contribution < 1.29 is 19.1 Å². The van der Waals surface area contributed by atoms with Crippen LogP contribution in [0.5, 0.6) is 11.5 Å². The van der Waals surface area contributed by atoms with Gasteiger partial charge < -0.3 is 25.4 Å². The van der Waals surface area contributed by atoms with Gasteiger partial charge in [0.2, 0.25) is 12.0 Å². The Morgan fingerprint density at radius 1 is 1.11 bits per heavy atom. The Labute approximate surface area is 165 Å². The summed E-state index contributed by atoms with van der Waals surface area (Å²) >= 11 is 0. The molecule has 1 aliphatic carbocycles. The van der Waals surface area contributed by atoms with Gasteiger partial charge in [-0.3, -0.25) is 9.59 Å². The fourth-order valence-electron chi connectivity index (χ4n) is 4.56. The molecule has 2 fully saturated rings. The maximum absolute atomic E-state index is 12.8. The lowest BCUT2D eigenvalue weighted by Gasteiger charge is -2.36. The molecule has 152 valence electrons. The van der Waals surface area contributed by atoms with Crippen molar-refractivity contribution in [2.45, 2.75) is 44.2 Å². The molecule has 1 aromatic rings. The first-order chi connectivity index (χ1) is 13.7. The third-order valence-corrected chi connectivity index (χ3v) is 6.24. The highest BCUT2D eigenvalue weighted by molar-refractivity contribution is 5.82. The van der Waals surface area contributed by atoms with Crippen molar-refractivity contribution >= 4 is 11.8 Å². The first-order valence-electron chi connectivity index (χ1n) is 10.3. The zero-order chi connectivity index (χ0) is 19.5. The smallest absolute Gasteiger partial charge is 0.267 e. The lowest BCUT2D eigenvalue weighted by Crippen LogP contribution is -2.52. The first kappa shape index (κ1) is 19.1. The predicted octanol–water partition coefficient (Wildman–Crippen LogP) is 1.31. The number of piperidine rings is 1. The molecular weight excluding hydrogens is 358 g/mol. The number of hydrogen-bond acceptors (Lipinski definition) is 5. The van der Waals surface area contributed by atoms with Gasteiger partial charge in [-0.1, -0.05) is 18.6 Å². The van der Waals surface area contributed by atoms with E-state index in [0.717, 1.165) is 32.1 Å². The van der Waals surface area contributed by atoms with Crippen molar-refractivity contribution in [2.75, 3.05) is 26.2 Å². The molecule has 0 aromatic heterocycles. The molecule has 4 rings (SSSR count). The second-order valence-electron chi connectivity index (χ2n) is 8.01. The van der Waals surface area contributed by atoms with Crippen LogP contribution in [0.15, 0.2) is 24.3 Å². The Kier molecular flexibility index (Phi) is 5.71. The first-order valence-corrected chi connectivity index (χ1v) is 10.3. The Balaban J connectivity index is 1.26. The molecular formula is C21H29N3O4. The van der Waals surface area contributed by atoms with Crippen molar-refractivity contribution in [2.24, 2.45) is 17.6 Å². The highest BCUT2D eigenvalue weighted by Crippen LogP contribution is 2.32. The van der Waals surface area contributed by atoms with Crippen LogP contribution < -0.4 is 20.5 Å². The summed E-state index contributed by atoms with van der Waals surface area (Å²) in [5.41, 5.74) is 5.80. The zero-order valence-electron chi connectivity index (χ0n) is 16.1. The number of carbonyl (C=O) groups is 2. The number of para-hydroxylation sites is 2. The number of carbonyl (C=O) groups excluding carboxylic acids is 2. The second kappa shape index (κ2) is 8.39. The molecule has 1 aromatic carbocycles. The van der Waals surface area contributed by atoms with Crippen molar-refractivity contribution in [3.8, 4) is 11.5 Å². The monoisotopic (exact) mass is 387 g/mol. The van der Waals surface area contributed by atoms with Crippen LogP contribution in [-0.4, -0.2) is 55.1 Å². The Bertz CT molecular complexity index is 717. The van der Waals surface area contributed by atoms with E-state index in [-0.39, 0.29) is 30.4 Å². The van der Waals surface area contributed by atoms with Gasteiger partial charge in [0.15, 0.2) is 11.5 Å². The van der Waals surface area contributed by atoms with Gasteiger partial charge in [-0.05, 0) is 50.3 Å². The molecule has 3 atom stereocenters. The van der Waals surface area contributed by atoms with Crippen LogP contribution in [0.1, 0.15) is 32.1 Å². The summed E-state index contributed by atoms with van der Waals surface area (Å²) in [5, 5.41) is 3.19. The summed E-state index contributed by atoms with van der Waals surface area (Å²) in [4.78, 5) is 27.2. The highest BCUT2D eigenvalue weighted by Gasteiger charge is 2.35. The molecule has 2 heterocycles. The normalized spacial score (nSPS) is 27.5. The summed E-state index contributed by atoms with van der Waals surface area (Å²) in [5.74, 6) is 1.75. The molecule has 0 spiro atoms. The van der Waals surface area contributed by atoms with Gasteiger partial charge >= 0.3 is 0 Å². The van der Waals surface area contributed by atoms with Crippen LogP contribution in [0.2, 0.25) is 0 Å². The summed E-state index contributed by atoms with van der Waals surface area (Å²) in [6, 6.07) is 7.52. The summed E-state index contributed by atoms with van der Waals surface area (Å²) in [7, 11) is 0. The number of fused-ring (bicyclic) bond motifs is 1. The molecule has 1 saturated carbocycles. The fourth-order valence-corrected chi connectivity index (χ4v) is 4.56. The number of nitrogens with zero attached hydrogens (tertiary/aromatic N) is 1. The average Bonchev–Trinajstić information content (AvgIpc) is 3.22. The maximum atomic E-state index is 12.8. The lowest BCUT2D eigenvalue weighted by molar-refractivity contribution is -0.142. The molecule has 1 saturated heterocycles. The maximum Gasteiger partial charge on any atom is 0.267 e. The molecule has 3 N–H and O–H groups in total. The van der Waals surface area contributed by atoms with Gasteiger partial charge in [0.05, 0.1) is 0 Å². The number of likely N-dealkylation sites (tertiary alicyclic amines) is 1. The van der Waals surface area contributed by atoms with E-state index in [2.05, 4.69) is 5.32 Å². The number of rotatable bonds is 4. The Morgan fingerprint density at radius 3 is 2.61 bits per heavy atom. The molecule has 3 aliphatic rings. The van der Waals surface area contributed by atoms with Crippen molar-refractivity contribution in [1.29, 1.82) is 0 Å². The summed E-state index contributed by atoms with van der Waals surface area (Å²) in [6.07, 6.45) is 3.99. The average molecular weight is 387 g/mol. The van der Waals surface area contributed by atoms with E-state index in [1.807, 2.05) is 29.2 Å². The summed E-state index contributed by atoms with van der Waals surface area (Å²) < 4.78 is 11.5. The van der Waals surface area contributed by atoms with E-state index in [0.29, 0.717) is 37.1 Å². The van der Waals surface area contributed by atoms with Crippen LogP contribution in [0, 0.1) is 11.8 Å². The third-order valence-electron chi connectivity index (χ3n) is 6.24. The van der Waals surface area contributed by atoms with Gasteiger partial charge in [-0.2, -0.15) is 0 Å². The molecule has 1 unspecified atom stereocenters. The van der Waals surface area contributed by atoms with Crippen LogP contribution >= 0.6 is 0 Å². The topological polar surface area (TPSA) is 93.9 Å². The fraction of sp³-hybridized carbons (Fsp3) is 0.619. The van der Waals surface area contributed by atoms with Crippen LogP contribution in [-0.2, 0) is 9.59 Å². The van der Waals surface area contributed by atoms with Crippen molar-refractivity contribution in [1.82, 2.24) is 10.2 Å². The van der Waals surface area contributed by atoms with Gasteiger partial charge in [0.1, 0.15) is 6.61 Å². The molecule has 0 bridgehead atoms. The number of amides is 2. The number of hydrogen-bond donors (Lipinski definition) is 2. The minimum absolute atomic E-state index is 0.0433. The second-order valence-corrected chi connectivity index (χ2v) is 8.01. The van der Waals surface area contributed by atoms with Gasteiger partial charge in [0, 0.05) is 25.0 Å². The quantitative estimate of drug-likeness (QED) is 0.812. The Morgan fingerprint density at radius 2 is 1.86 bits per heavy atom.